The van der Waals surface area contributed by atoms with Crippen molar-refractivity contribution in [3.8, 4) is 11.5 Å². The number of rotatable bonds is 5. The first-order valence-electron chi connectivity index (χ1n) is 7.37. The Hall–Kier alpha value is -1.26. The van der Waals surface area contributed by atoms with Crippen LogP contribution in [0.15, 0.2) is 18.2 Å². The Morgan fingerprint density at radius 3 is 2.45 bits per heavy atom. The van der Waals surface area contributed by atoms with Crippen LogP contribution >= 0.6 is 0 Å². The molecular weight excluding hydrogens is 254 g/mol. The van der Waals surface area contributed by atoms with Gasteiger partial charge < -0.3 is 19.9 Å². The number of methoxy groups -OCH3 is 1. The SMILES string of the molecule is CCC(CC)(OC)C(N)c1ccc2c(c1)OCCCO2. The topological polar surface area (TPSA) is 53.7 Å². The Labute approximate surface area is 121 Å². The monoisotopic (exact) mass is 279 g/mol. The lowest BCUT2D eigenvalue weighted by molar-refractivity contribution is -0.0386. The van der Waals surface area contributed by atoms with Crippen LogP contribution in [0, 0.1) is 0 Å². The quantitative estimate of drug-likeness (QED) is 0.900. The molecule has 4 nitrogen and oxygen atoms in total. The first-order chi connectivity index (χ1) is 9.66. The van der Waals surface area contributed by atoms with Crippen LogP contribution in [-0.2, 0) is 4.74 Å². The fourth-order valence-corrected chi connectivity index (χ4v) is 2.78. The van der Waals surface area contributed by atoms with E-state index in [-0.39, 0.29) is 11.6 Å². The van der Waals surface area contributed by atoms with Crippen LogP contribution in [0.25, 0.3) is 0 Å². The van der Waals surface area contributed by atoms with Gasteiger partial charge >= 0.3 is 0 Å². The van der Waals surface area contributed by atoms with Crippen molar-refractivity contribution in [2.24, 2.45) is 5.73 Å². The minimum atomic E-state index is -0.334. The van der Waals surface area contributed by atoms with Crippen molar-refractivity contribution in [1.82, 2.24) is 0 Å². The van der Waals surface area contributed by atoms with Gasteiger partial charge in [-0.1, -0.05) is 19.9 Å². The third kappa shape index (κ3) is 2.76. The Morgan fingerprint density at radius 2 is 1.85 bits per heavy atom. The van der Waals surface area contributed by atoms with Gasteiger partial charge in [0.05, 0.1) is 24.9 Å². The zero-order valence-electron chi connectivity index (χ0n) is 12.6. The first kappa shape index (κ1) is 15.1. The molecule has 2 rings (SSSR count). The van der Waals surface area contributed by atoms with E-state index in [0.29, 0.717) is 13.2 Å². The fourth-order valence-electron chi connectivity index (χ4n) is 2.78. The highest BCUT2D eigenvalue weighted by Gasteiger charge is 2.34. The summed E-state index contributed by atoms with van der Waals surface area (Å²) >= 11 is 0. The Morgan fingerprint density at radius 1 is 1.20 bits per heavy atom. The van der Waals surface area contributed by atoms with Gasteiger partial charge in [-0.15, -0.1) is 0 Å². The van der Waals surface area contributed by atoms with Crippen LogP contribution in [0.1, 0.15) is 44.7 Å². The molecule has 1 aliphatic rings. The van der Waals surface area contributed by atoms with Gasteiger partial charge in [-0.2, -0.15) is 0 Å². The summed E-state index contributed by atoms with van der Waals surface area (Å²) in [6.07, 6.45) is 2.65. The molecular formula is C16H25NO3. The maximum Gasteiger partial charge on any atom is 0.161 e. The molecule has 1 heterocycles. The Balaban J connectivity index is 2.30. The molecule has 1 aromatic carbocycles. The van der Waals surface area contributed by atoms with E-state index in [4.69, 9.17) is 19.9 Å². The summed E-state index contributed by atoms with van der Waals surface area (Å²) in [6, 6.07) is 5.77. The van der Waals surface area contributed by atoms with Crippen LogP contribution in [0.4, 0.5) is 0 Å². The lowest BCUT2D eigenvalue weighted by atomic mass is 9.84. The molecule has 2 N–H and O–H groups in total. The summed E-state index contributed by atoms with van der Waals surface area (Å²) in [7, 11) is 1.73. The molecule has 0 saturated heterocycles. The second-order valence-electron chi connectivity index (χ2n) is 5.21. The van der Waals surface area contributed by atoms with Crippen LogP contribution in [0.5, 0.6) is 11.5 Å². The molecule has 0 radical (unpaired) electrons. The maximum atomic E-state index is 6.46. The second kappa shape index (κ2) is 6.46. The van der Waals surface area contributed by atoms with Crippen LogP contribution in [0.3, 0.4) is 0 Å². The van der Waals surface area contributed by atoms with Gasteiger partial charge in [0.15, 0.2) is 11.5 Å². The zero-order chi connectivity index (χ0) is 14.6. The third-order valence-corrected chi connectivity index (χ3v) is 4.30. The number of nitrogens with two attached hydrogens (primary N) is 1. The minimum absolute atomic E-state index is 0.181. The molecule has 0 aromatic heterocycles. The standard InChI is InChI=1S/C16H25NO3/c1-4-16(5-2,18-3)15(17)12-7-8-13-14(11-12)20-10-6-9-19-13/h7-8,11,15H,4-6,9-10,17H2,1-3H3. The predicted octanol–water partition coefficient (Wildman–Crippen LogP) is 3.05. The summed E-state index contributed by atoms with van der Waals surface area (Å²) in [5.74, 6) is 1.59. The second-order valence-corrected chi connectivity index (χ2v) is 5.21. The van der Waals surface area contributed by atoms with E-state index in [2.05, 4.69) is 13.8 Å². The molecule has 1 aromatic rings. The zero-order valence-corrected chi connectivity index (χ0v) is 12.6. The Kier molecular flexibility index (Phi) is 4.89. The highest BCUT2D eigenvalue weighted by Crippen LogP contribution is 2.37. The number of fused-ring (bicyclic) bond motifs is 1. The molecule has 112 valence electrons. The van der Waals surface area contributed by atoms with Crippen molar-refractivity contribution in [3.05, 3.63) is 23.8 Å². The lowest BCUT2D eigenvalue weighted by Crippen LogP contribution is -2.42. The summed E-state index contributed by atoms with van der Waals surface area (Å²) in [4.78, 5) is 0. The third-order valence-electron chi connectivity index (χ3n) is 4.30. The van der Waals surface area contributed by atoms with Crippen LogP contribution < -0.4 is 15.2 Å². The molecule has 0 aliphatic carbocycles. The van der Waals surface area contributed by atoms with Crippen molar-refractivity contribution in [2.75, 3.05) is 20.3 Å². The van der Waals surface area contributed by atoms with Gasteiger partial charge in [-0.25, -0.2) is 0 Å². The first-order valence-corrected chi connectivity index (χ1v) is 7.37. The molecule has 0 saturated carbocycles. The molecule has 1 unspecified atom stereocenters. The van der Waals surface area contributed by atoms with Gasteiger partial charge in [0.2, 0.25) is 0 Å². The lowest BCUT2D eigenvalue weighted by Gasteiger charge is -2.36. The van der Waals surface area contributed by atoms with Crippen LogP contribution in [-0.4, -0.2) is 25.9 Å². The van der Waals surface area contributed by atoms with Gasteiger partial charge in [-0.05, 0) is 30.5 Å². The van der Waals surface area contributed by atoms with E-state index in [1.807, 2.05) is 18.2 Å². The smallest absolute Gasteiger partial charge is 0.161 e. The minimum Gasteiger partial charge on any atom is -0.490 e. The van der Waals surface area contributed by atoms with E-state index in [1.54, 1.807) is 7.11 Å². The van der Waals surface area contributed by atoms with Crippen molar-refractivity contribution in [1.29, 1.82) is 0 Å². The molecule has 1 atom stereocenters. The average molecular weight is 279 g/mol. The van der Waals surface area contributed by atoms with Gasteiger partial charge in [-0.3, -0.25) is 0 Å². The van der Waals surface area contributed by atoms with Crippen LogP contribution in [0.2, 0.25) is 0 Å². The number of hydrogen-bond acceptors (Lipinski definition) is 4. The molecule has 0 spiro atoms. The van der Waals surface area contributed by atoms with E-state index in [0.717, 1.165) is 36.3 Å². The fraction of sp³-hybridized carbons (Fsp3) is 0.625. The molecule has 20 heavy (non-hydrogen) atoms. The average Bonchev–Trinajstić information content (AvgIpc) is 2.73. The predicted molar refractivity (Wildman–Crippen MR) is 79.3 cm³/mol. The highest BCUT2D eigenvalue weighted by atomic mass is 16.5. The molecule has 0 amide bonds. The van der Waals surface area contributed by atoms with E-state index in [9.17, 15) is 0 Å². The Bertz CT molecular complexity index is 435. The summed E-state index contributed by atoms with van der Waals surface area (Å²) in [5.41, 5.74) is 7.15. The van der Waals surface area contributed by atoms with Gasteiger partial charge in [0.25, 0.3) is 0 Å². The van der Waals surface area contributed by atoms with E-state index in [1.165, 1.54) is 0 Å². The van der Waals surface area contributed by atoms with Crippen molar-refractivity contribution in [3.63, 3.8) is 0 Å². The summed E-state index contributed by atoms with van der Waals surface area (Å²) in [6.45, 7) is 5.60. The molecule has 4 heteroatoms. The van der Waals surface area contributed by atoms with Gasteiger partial charge in [0.1, 0.15) is 0 Å². The number of benzene rings is 1. The normalized spacial score (nSPS) is 16.6. The number of hydrogen-bond donors (Lipinski definition) is 1. The molecule has 0 fully saturated rings. The maximum absolute atomic E-state index is 6.46. The molecule has 0 bridgehead atoms. The van der Waals surface area contributed by atoms with Gasteiger partial charge in [0, 0.05) is 13.5 Å². The highest BCUT2D eigenvalue weighted by molar-refractivity contribution is 5.44. The largest absolute Gasteiger partial charge is 0.490 e. The van der Waals surface area contributed by atoms with Crippen molar-refractivity contribution < 1.29 is 14.2 Å². The summed E-state index contributed by atoms with van der Waals surface area (Å²) in [5, 5.41) is 0. The number of ether oxygens (including phenoxy) is 3. The van der Waals surface area contributed by atoms with E-state index >= 15 is 0 Å². The molecule has 1 aliphatic heterocycles. The van der Waals surface area contributed by atoms with Crippen molar-refractivity contribution in [2.45, 2.75) is 44.8 Å². The van der Waals surface area contributed by atoms with E-state index < -0.39 is 0 Å². The van der Waals surface area contributed by atoms with Crippen molar-refractivity contribution >= 4 is 0 Å². The summed E-state index contributed by atoms with van der Waals surface area (Å²) < 4.78 is 17.1.